The minimum atomic E-state index is -1.11. The van der Waals surface area contributed by atoms with Crippen molar-refractivity contribution in [3.63, 3.8) is 0 Å². The number of esters is 2. The fourth-order valence-corrected chi connectivity index (χ4v) is 4.00. The van der Waals surface area contributed by atoms with Gasteiger partial charge in [-0.3, -0.25) is 19.3 Å². The molecule has 30 heavy (non-hydrogen) atoms. The zero-order valence-corrected chi connectivity index (χ0v) is 16.9. The molecule has 9 heteroatoms. The number of methoxy groups -OCH3 is 1. The summed E-state index contributed by atoms with van der Waals surface area (Å²) in [5.74, 6) is -3.54. The normalized spacial score (nSPS) is 21.6. The minimum Gasteiger partial charge on any atom is -0.465 e. The number of anilines is 1. The molecule has 160 valence electrons. The molecule has 1 aromatic rings. The number of hydrogen-bond acceptors (Lipinski definition) is 7. The van der Waals surface area contributed by atoms with E-state index in [2.05, 4.69) is 10.1 Å². The number of nitrogens with zero attached hydrogens (tertiary/aromatic N) is 1. The number of benzene rings is 1. The fraction of sp³-hybridized carbons (Fsp3) is 0.476. The number of carbonyl (C=O) groups excluding carboxylic acids is 5. The van der Waals surface area contributed by atoms with Gasteiger partial charge in [0.15, 0.2) is 6.61 Å². The largest absolute Gasteiger partial charge is 0.465 e. The molecule has 1 heterocycles. The van der Waals surface area contributed by atoms with Crippen LogP contribution >= 0.6 is 0 Å². The number of amides is 3. The number of carbonyl (C=O) groups is 5. The smallest absolute Gasteiger partial charge is 0.339 e. The topological polar surface area (TPSA) is 119 Å². The number of hydrogen-bond donors (Lipinski definition) is 1. The van der Waals surface area contributed by atoms with Crippen molar-refractivity contribution >= 4 is 35.3 Å². The van der Waals surface area contributed by atoms with Gasteiger partial charge in [-0.1, -0.05) is 25.0 Å². The van der Waals surface area contributed by atoms with Crippen LogP contribution in [0.5, 0.6) is 0 Å². The summed E-state index contributed by atoms with van der Waals surface area (Å²) in [6, 6.07) is 5.13. The summed E-state index contributed by atoms with van der Waals surface area (Å²) in [4.78, 5) is 62.4. The summed E-state index contributed by atoms with van der Waals surface area (Å²) in [6.07, 6.45) is 3.07. The van der Waals surface area contributed by atoms with Crippen molar-refractivity contribution in [3.05, 3.63) is 29.8 Å². The Balaban J connectivity index is 1.58. The Labute approximate surface area is 173 Å². The zero-order valence-electron chi connectivity index (χ0n) is 16.9. The number of ether oxygens (including phenoxy) is 2. The Morgan fingerprint density at radius 2 is 1.70 bits per heavy atom. The second kappa shape index (κ2) is 9.06. The van der Waals surface area contributed by atoms with E-state index in [-0.39, 0.29) is 34.9 Å². The van der Waals surface area contributed by atoms with Gasteiger partial charge in [0, 0.05) is 0 Å². The van der Waals surface area contributed by atoms with Crippen LogP contribution < -0.4 is 5.32 Å². The van der Waals surface area contributed by atoms with E-state index in [4.69, 9.17) is 4.74 Å². The quantitative estimate of drug-likeness (QED) is 0.551. The van der Waals surface area contributed by atoms with Crippen LogP contribution in [0.2, 0.25) is 0 Å². The highest BCUT2D eigenvalue weighted by Crippen LogP contribution is 2.38. The number of imide groups is 1. The summed E-state index contributed by atoms with van der Waals surface area (Å²) < 4.78 is 9.67. The van der Waals surface area contributed by atoms with Crippen molar-refractivity contribution in [2.75, 3.05) is 19.0 Å². The summed E-state index contributed by atoms with van der Waals surface area (Å²) in [7, 11) is 1.22. The highest BCUT2D eigenvalue weighted by atomic mass is 16.5. The number of fused-ring (bicyclic) bond motifs is 1. The molecule has 1 aromatic carbocycles. The standard InChI is InChI=1S/C21H24N2O7/c1-12(23-18(25)13-7-3-4-8-14(13)19(23)26)20(27)30-11-17(24)22-16-10-6-5-9-15(16)21(28)29-2/h5-6,9-10,12-14H,3-4,7-8,11H2,1-2H3,(H,22,24)/t12-,13-,14-/m0/s1. The average molecular weight is 416 g/mol. The van der Waals surface area contributed by atoms with Crippen molar-refractivity contribution in [2.24, 2.45) is 11.8 Å². The molecule has 0 unspecified atom stereocenters. The van der Waals surface area contributed by atoms with Crippen molar-refractivity contribution in [1.29, 1.82) is 0 Å². The number of likely N-dealkylation sites (tertiary alicyclic amines) is 1. The molecule has 2 fully saturated rings. The van der Waals surface area contributed by atoms with E-state index < -0.39 is 30.5 Å². The molecule has 1 aliphatic heterocycles. The van der Waals surface area contributed by atoms with E-state index in [0.29, 0.717) is 12.8 Å². The molecule has 1 N–H and O–H groups in total. The van der Waals surface area contributed by atoms with E-state index in [9.17, 15) is 24.0 Å². The van der Waals surface area contributed by atoms with Gasteiger partial charge < -0.3 is 14.8 Å². The van der Waals surface area contributed by atoms with Crippen molar-refractivity contribution in [1.82, 2.24) is 4.90 Å². The van der Waals surface area contributed by atoms with Gasteiger partial charge in [-0.2, -0.15) is 0 Å². The lowest BCUT2D eigenvalue weighted by Gasteiger charge is -2.21. The SMILES string of the molecule is COC(=O)c1ccccc1NC(=O)COC(=O)[C@H](C)N1C(=O)[C@H]2CCCC[C@@H]2C1=O. The van der Waals surface area contributed by atoms with Crippen LogP contribution in [0.3, 0.4) is 0 Å². The van der Waals surface area contributed by atoms with Crippen molar-refractivity contribution in [2.45, 2.75) is 38.6 Å². The second-order valence-electron chi connectivity index (χ2n) is 7.41. The van der Waals surface area contributed by atoms with Crippen molar-refractivity contribution in [3.8, 4) is 0 Å². The van der Waals surface area contributed by atoms with Crippen LogP contribution in [0.4, 0.5) is 5.69 Å². The van der Waals surface area contributed by atoms with Gasteiger partial charge in [-0.05, 0) is 31.9 Å². The van der Waals surface area contributed by atoms with Gasteiger partial charge in [0.05, 0.1) is 30.2 Å². The molecular weight excluding hydrogens is 392 g/mol. The summed E-state index contributed by atoms with van der Waals surface area (Å²) >= 11 is 0. The van der Waals surface area contributed by atoms with Gasteiger partial charge >= 0.3 is 11.9 Å². The van der Waals surface area contributed by atoms with E-state index in [1.165, 1.54) is 26.2 Å². The third-order valence-corrected chi connectivity index (χ3v) is 5.56. The average Bonchev–Trinajstić information content (AvgIpc) is 3.01. The van der Waals surface area contributed by atoms with E-state index in [0.717, 1.165) is 17.7 Å². The number of rotatable bonds is 6. The van der Waals surface area contributed by atoms with Gasteiger partial charge in [0.2, 0.25) is 11.8 Å². The van der Waals surface area contributed by atoms with Gasteiger partial charge in [0.25, 0.3) is 5.91 Å². The van der Waals surface area contributed by atoms with Crippen LogP contribution in [-0.2, 0) is 28.7 Å². The molecule has 1 saturated carbocycles. The lowest BCUT2D eigenvalue weighted by molar-refractivity contribution is -0.159. The number of para-hydroxylation sites is 1. The first-order chi connectivity index (χ1) is 14.3. The Kier molecular flexibility index (Phi) is 6.49. The first-order valence-electron chi connectivity index (χ1n) is 9.86. The van der Waals surface area contributed by atoms with E-state index >= 15 is 0 Å². The highest BCUT2D eigenvalue weighted by Gasteiger charge is 2.51. The van der Waals surface area contributed by atoms with Crippen LogP contribution in [0.25, 0.3) is 0 Å². The first kappa shape index (κ1) is 21.5. The molecule has 3 atom stereocenters. The van der Waals surface area contributed by atoms with Gasteiger partial charge in [-0.25, -0.2) is 9.59 Å². The third kappa shape index (κ3) is 4.19. The molecule has 0 spiro atoms. The Bertz CT molecular complexity index is 858. The lowest BCUT2D eigenvalue weighted by atomic mass is 9.81. The van der Waals surface area contributed by atoms with Crippen LogP contribution in [0, 0.1) is 11.8 Å². The third-order valence-electron chi connectivity index (χ3n) is 5.56. The maximum absolute atomic E-state index is 12.6. The molecule has 0 aromatic heterocycles. The molecule has 0 radical (unpaired) electrons. The van der Waals surface area contributed by atoms with Crippen LogP contribution in [-0.4, -0.2) is 54.3 Å². The summed E-state index contributed by atoms with van der Waals surface area (Å²) in [5, 5.41) is 2.48. The molecule has 2 aliphatic rings. The predicted molar refractivity (Wildman–Crippen MR) is 104 cm³/mol. The number of nitrogens with one attached hydrogen (secondary N) is 1. The fourth-order valence-electron chi connectivity index (χ4n) is 4.00. The Morgan fingerprint density at radius 1 is 1.10 bits per heavy atom. The van der Waals surface area contributed by atoms with Crippen LogP contribution in [0.15, 0.2) is 24.3 Å². The molecule has 0 bridgehead atoms. The lowest BCUT2D eigenvalue weighted by Crippen LogP contribution is -2.45. The molecule has 1 saturated heterocycles. The van der Waals surface area contributed by atoms with Gasteiger partial charge in [0.1, 0.15) is 6.04 Å². The summed E-state index contributed by atoms with van der Waals surface area (Å²) in [6.45, 7) is 0.793. The summed E-state index contributed by atoms with van der Waals surface area (Å²) in [5.41, 5.74) is 0.372. The van der Waals surface area contributed by atoms with E-state index in [1.54, 1.807) is 12.1 Å². The van der Waals surface area contributed by atoms with Gasteiger partial charge in [-0.15, -0.1) is 0 Å². The molecule has 1 aliphatic carbocycles. The maximum atomic E-state index is 12.6. The second-order valence-corrected chi connectivity index (χ2v) is 7.41. The molecule has 3 rings (SSSR count). The molecular formula is C21H24N2O7. The minimum absolute atomic E-state index is 0.156. The van der Waals surface area contributed by atoms with E-state index in [1.807, 2.05) is 0 Å². The predicted octanol–water partition coefficient (Wildman–Crippen LogP) is 1.52. The monoisotopic (exact) mass is 416 g/mol. The zero-order chi connectivity index (χ0) is 21.8. The Morgan fingerprint density at radius 3 is 2.30 bits per heavy atom. The first-order valence-corrected chi connectivity index (χ1v) is 9.86. The Hall–Kier alpha value is -3.23. The molecule has 3 amide bonds. The van der Waals surface area contributed by atoms with Crippen molar-refractivity contribution < 1.29 is 33.4 Å². The highest BCUT2D eigenvalue weighted by molar-refractivity contribution is 6.08. The maximum Gasteiger partial charge on any atom is 0.339 e. The van der Waals surface area contributed by atoms with Crippen LogP contribution in [0.1, 0.15) is 43.0 Å². The molecule has 9 nitrogen and oxygen atoms in total.